The van der Waals surface area contributed by atoms with E-state index in [-0.39, 0.29) is 39.9 Å². The van der Waals surface area contributed by atoms with Gasteiger partial charge in [0.2, 0.25) is 23.1 Å². The van der Waals surface area contributed by atoms with E-state index in [0.717, 1.165) is 11.8 Å². The summed E-state index contributed by atoms with van der Waals surface area (Å²) in [5.41, 5.74) is 5.44. The van der Waals surface area contributed by atoms with Gasteiger partial charge >= 0.3 is 0 Å². The van der Waals surface area contributed by atoms with Crippen LogP contribution < -0.4 is 10.6 Å². The fraction of sp³-hybridized carbons (Fsp3) is 0.444. The summed E-state index contributed by atoms with van der Waals surface area (Å²) in [6.45, 7) is 1.83. The molecule has 9 heteroatoms. The van der Waals surface area contributed by atoms with Crippen LogP contribution in [0.1, 0.15) is 13.3 Å². The topological polar surface area (TPSA) is 102 Å². The zero-order valence-corrected chi connectivity index (χ0v) is 11.0. The summed E-state index contributed by atoms with van der Waals surface area (Å²) in [5.74, 6) is -0.0694. The van der Waals surface area contributed by atoms with Crippen molar-refractivity contribution in [1.29, 1.82) is 0 Å². The summed E-state index contributed by atoms with van der Waals surface area (Å²) in [7, 11) is 0. The molecule has 0 spiro atoms. The Kier molecular flexibility index (Phi) is 3.67. The van der Waals surface area contributed by atoms with Gasteiger partial charge in [0.15, 0.2) is 5.12 Å². The van der Waals surface area contributed by atoms with Gasteiger partial charge in [0, 0.05) is 25.1 Å². The predicted molar refractivity (Wildman–Crippen MR) is 68.3 cm³/mol. The second-order valence-electron chi connectivity index (χ2n) is 3.70. The van der Waals surface area contributed by atoms with Crippen molar-refractivity contribution in [3.63, 3.8) is 0 Å². The van der Waals surface area contributed by atoms with E-state index in [9.17, 15) is 9.59 Å². The number of carbonyl (C=O) groups is 2. The monoisotopic (exact) mass is 287 g/mol. The molecule has 1 aromatic heterocycles. The Morgan fingerprint density at radius 3 is 2.83 bits per heavy atom. The lowest BCUT2D eigenvalue weighted by Crippen LogP contribution is -2.27. The van der Waals surface area contributed by atoms with Crippen molar-refractivity contribution >= 4 is 46.3 Å². The number of amides is 1. The van der Waals surface area contributed by atoms with Gasteiger partial charge in [-0.2, -0.15) is 15.0 Å². The van der Waals surface area contributed by atoms with Crippen LogP contribution in [0, 0.1) is 0 Å². The Labute approximate surface area is 112 Å². The van der Waals surface area contributed by atoms with Gasteiger partial charge in [-0.25, -0.2) is 0 Å². The fourth-order valence-electron chi connectivity index (χ4n) is 1.66. The molecule has 0 aromatic carbocycles. The van der Waals surface area contributed by atoms with E-state index in [1.807, 2.05) is 0 Å². The minimum absolute atomic E-state index is 0.0251. The molecule has 2 rings (SSSR count). The summed E-state index contributed by atoms with van der Waals surface area (Å²) < 4.78 is 0. The van der Waals surface area contributed by atoms with Crippen molar-refractivity contribution in [2.45, 2.75) is 18.6 Å². The van der Waals surface area contributed by atoms with E-state index in [0.29, 0.717) is 6.54 Å². The lowest BCUT2D eigenvalue weighted by molar-refractivity contribution is -0.117. The molecule has 7 nitrogen and oxygen atoms in total. The first-order valence-electron chi connectivity index (χ1n) is 5.10. The lowest BCUT2D eigenvalue weighted by Gasteiger charge is -2.13. The van der Waals surface area contributed by atoms with E-state index in [4.69, 9.17) is 17.3 Å². The first-order chi connectivity index (χ1) is 8.45. The first kappa shape index (κ1) is 13.0. The molecule has 1 aliphatic rings. The third-order valence-electron chi connectivity index (χ3n) is 2.28. The van der Waals surface area contributed by atoms with Crippen molar-refractivity contribution in [3.05, 3.63) is 5.28 Å². The predicted octanol–water partition coefficient (Wildman–Crippen LogP) is 0.492. The molecule has 0 saturated carbocycles. The number of thioether (sulfide) groups is 1. The normalized spacial score (nSPS) is 19.3. The standard InChI is InChI=1S/C9H10ClN5O2S/c1-4(16)18-5-2-6(17)15(3-5)9-13-7(10)12-8(11)14-9/h5H,2-3H2,1H3,(H2,11,12,13,14). The maximum atomic E-state index is 11.8. The van der Waals surface area contributed by atoms with Crippen molar-refractivity contribution in [2.75, 3.05) is 17.2 Å². The van der Waals surface area contributed by atoms with E-state index < -0.39 is 0 Å². The summed E-state index contributed by atoms with van der Waals surface area (Å²) >= 11 is 6.79. The molecule has 18 heavy (non-hydrogen) atoms. The minimum Gasteiger partial charge on any atom is -0.368 e. The summed E-state index contributed by atoms with van der Waals surface area (Å²) in [4.78, 5) is 35.5. The molecule has 0 radical (unpaired) electrons. The summed E-state index contributed by atoms with van der Waals surface area (Å²) in [6, 6.07) is 0. The maximum Gasteiger partial charge on any atom is 0.238 e. The van der Waals surface area contributed by atoms with E-state index in [2.05, 4.69) is 15.0 Å². The van der Waals surface area contributed by atoms with Crippen LogP contribution in [0.15, 0.2) is 0 Å². The number of rotatable bonds is 2. The number of carbonyl (C=O) groups excluding carboxylic acids is 2. The highest BCUT2D eigenvalue weighted by Crippen LogP contribution is 2.27. The number of halogens is 1. The molecule has 1 unspecified atom stereocenters. The van der Waals surface area contributed by atoms with E-state index in [1.54, 1.807) is 0 Å². The second-order valence-corrected chi connectivity index (χ2v) is 5.52. The van der Waals surface area contributed by atoms with Gasteiger partial charge in [0.05, 0.1) is 0 Å². The number of nitrogens with two attached hydrogens (primary N) is 1. The number of nitrogens with zero attached hydrogens (tertiary/aromatic N) is 4. The van der Waals surface area contributed by atoms with Gasteiger partial charge in [0.1, 0.15) is 0 Å². The Balaban J connectivity index is 2.18. The quantitative estimate of drug-likeness (QED) is 0.844. The number of hydrogen-bond donors (Lipinski definition) is 1. The summed E-state index contributed by atoms with van der Waals surface area (Å²) in [5, 5.41) is -0.178. The highest BCUT2D eigenvalue weighted by molar-refractivity contribution is 8.14. The maximum absolute atomic E-state index is 11.8. The Hall–Kier alpha value is -1.41. The highest BCUT2D eigenvalue weighted by atomic mass is 35.5. The summed E-state index contributed by atoms with van der Waals surface area (Å²) in [6.07, 6.45) is 0.271. The Bertz CT molecular complexity index is 491. The molecule has 1 amide bonds. The molecule has 0 aliphatic carbocycles. The molecular formula is C9H10ClN5O2S. The van der Waals surface area contributed by atoms with Gasteiger partial charge < -0.3 is 5.73 Å². The zero-order chi connectivity index (χ0) is 13.3. The molecule has 0 bridgehead atoms. The largest absolute Gasteiger partial charge is 0.368 e. The molecule has 1 saturated heterocycles. The number of anilines is 2. The van der Waals surface area contributed by atoms with E-state index >= 15 is 0 Å². The van der Waals surface area contributed by atoms with Crippen LogP contribution in [0.25, 0.3) is 0 Å². The fourth-order valence-corrected chi connectivity index (χ4v) is 2.74. The lowest BCUT2D eigenvalue weighted by atomic mass is 10.4. The Morgan fingerprint density at radius 2 is 2.22 bits per heavy atom. The van der Waals surface area contributed by atoms with Crippen LogP contribution in [-0.2, 0) is 9.59 Å². The van der Waals surface area contributed by atoms with Crippen LogP contribution in [0.5, 0.6) is 0 Å². The SMILES string of the molecule is CC(=O)SC1CC(=O)N(c2nc(N)nc(Cl)n2)C1. The van der Waals surface area contributed by atoms with Gasteiger partial charge in [0.25, 0.3) is 0 Å². The van der Waals surface area contributed by atoms with Crippen LogP contribution in [0.4, 0.5) is 11.9 Å². The van der Waals surface area contributed by atoms with Crippen molar-refractivity contribution < 1.29 is 9.59 Å². The second kappa shape index (κ2) is 5.07. The molecular weight excluding hydrogens is 278 g/mol. The molecule has 1 aliphatic heterocycles. The molecule has 1 aromatic rings. The van der Waals surface area contributed by atoms with Crippen molar-refractivity contribution in [3.8, 4) is 0 Å². The van der Waals surface area contributed by atoms with Gasteiger partial charge in [-0.3, -0.25) is 14.5 Å². The molecule has 2 N–H and O–H groups in total. The number of nitrogen functional groups attached to an aromatic ring is 1. The first-order valence-corrected chi connectivity index (χ1v) is 6.36. The number of hydrogen-bond acceptors (Lipinski definition) is 7. The third-order valence-corrected chi connectivity index (χ3v) is 3.43. The molecule has 1 atom stereocenters. The van der Waals surface area contributed by atoms with Gasteiger partial charge in [-0.05, 0) is 11.6 Å². The molecule has 1 fully saturated rings. The van der Waals surface area contributed by atoms with Crippen molar-refractivity contribution in [1.82, 2.24) is 15.0 Å². The average Bonchev–Trinajstić information content (AvgIpc) is 2.56. The van der Waals surface area contributed by atoms with Crippen molar-refractivity contribution in [2.24, 2.45) is 0 Å². The molecule has 96 valence electrons. The van der Waals surface area contributed by atoms with Crippen LogP contribution in [0.2, 0.25) is 5.28 Å². The molecule has 2 heterocycles. The average molecular weight is 288 g/mol. The van der Waals surface area contributed by atoms with Gasteiger partial charge in [-0.15, -0.1) is 0 Å². The van der Waals surface area contributed by atoms with Crippen LogP contribution in [-0.4, -0.2) is 37.8 Å². The minimum atomic E-state index is -0.157. The third kappa shape index (κ3) is 2.88. The van der Waals surface area contributed by atoms with Gasteiger partial charge in [-0.1, -0.05) is 11.8 Å². The number of aromatic nitrogens is 3. The smallest absolute Gasteiger partial charge is 0.238 e. The van der Waals surface area contributed by atoms with Crippen LogP contribution >= 0.6 is 23.4 Å². The highest BCUT2D eigenvalue weighted by Gasteiger charge is 2.33. The Morgan fingerprint density at radius 1 is 1.50 bits per heavy atom. The van der Waals surface area contributed by atoms with E-state index in [1.165, 1.54) is 11.8 Å². The zero-order valence-electron chi connectivity index (χ0n) is 9.46. The van der Waals surface area contributed by atoms with Crippen LogP contribution in [0.3, 0.4) is 0 Å².